The Balaban J connectivity index is 1.46. The van der Waals surface area contributed by atoms with Crippen molar-refractivity contribution in [2.75, 3.05) is 6.54 Å². The molecule has 0 unspecified atom stereocenters. The smallest absolute Gasteiger partial charge is 0.162 e. The molecule has 0 amide bonds. The van der Waals surface area contributed by atoms with Crippen LogP contribution < -0.4 is 5.73 Å². The predicted octanol–water partition coefficient (Wildman–Crippen LogP) is 5.77. The molecule has 1 aromatic carbocycles. The SMILES string of the molecule is Cc1cc(-c2cccs2)nc2cc(-c3nn(C4CCC(CN)CC4)c4ncncc34)ccc12. The molecular formula is C26H26N6S. The van der Waals surface area contributed by atoms with Gasteiger partial charge >= 0.3 is 0 Å². The highest BCUT2D eigenvalue weighted by molar-refractivity contribution is 7.13. The molecule has 2 N–H and O–H groups in total. The number of nitrogens with two attached hydrogens (primary N) is 1. The third-order valence-corrected chi connectivity index (χ3v) is 7.82. The summed E-state index contributed by atoms with van der Waals surface area (Å²) in [6.45, 7) is 2.92. The number of hydrogen-bond donors (Lipinski definition) is 1. The number of benzene rings is 1. The summed E-state index contributed by atoms with van der Waals surface area (Å²) in [4.78, 5) is 15.1. The maximum absolute atomic E-state index is 5.91. The van der Waals surface area contributed by atoms with Gasteiger partial charge in [-0.25, -0.2) is 19.6 Å². The van der Waals surface area contributed by atoms with Gasteiger partial charge in [-0.3, -0.25) is 0 Å². The lowest BCUT2D eigenvalue weighted by atomic mass is 9.86. The second kappa shape index (κ2) is 8.32. The molecule has 0 atom stereocenters. The lowest BCUT2D eigenvalue weighted by molar-refractivity contribution is 0.269. The summed E-state index contributed by atoms with van der Waals surface area (Å²) in [7, 11) is 0. The molecule has 1 saturated carbocycles. The van der Waals surface area contributed by atoms with E-state index in [9.17, 15) is 0 Å². The van der Waals surface area contributed by atoms with Gasteiger partial charge in [0.2, 0.25) is 0 Å². The quantitative estimate of drug-likeness (QED) is 0.373. The summed E-state index contributed by atoms with van der Waals surface area (Å²) < 4.78 is 2.13. The number of aromatic nitrogens is 5. The predicted molar refractivity (Wildman–Crippen MR) is 134 cm³/mol. The second-order valence-corrected chi connectivity index (χ2v) is 9.94. The minimum atomic E-state index is 0.352. The molecule has 0 spiro atoms. The van der Waals surface area contributed by atoms with E-state index < -0.39 is 0 Å². The average molecular weight is 455 g/mol. The fourth-order valence-corrected chi connectivity index (χ4v) is 5.76. The van der Waals surface area contributed by atoms with Crippen molar-refractivity contribution in [1.82, 2.24) is 24.7 Å². The minimum Gasteiger partial charge on any atom is -0.330 e. The normalized spacial score (nSPS) is 18.8. The summed E-state index contributed by atoms with van der Waals surface area (Å²) in [6, 6.07) is 13.2. The molecule has 4 heterocycles. The molecule has 1 aliphatic carbocycles. The molecule has 166 valence electrons. The van der Waals surface area contributed by atoms with E-state index in [4.69, 9.17) is 15.8 Å². The zero-order chi connectivity index (χ0) is 22.4. The van der Waals surface area contributed by atoms with Crippen LogP contribution in [-0.2, 0) is 0 Å². The highest BCUT2D eigenvalue weighted by Gasteiger charge is 2.25. The monoisotopic (exact) mass is 454 g/mol. The number of fused-ring (bicyclic) bond motifs is 2. The zero-order valence-electron chi connectivity index (χ0n) is 18.6. The first-order valence-electron chi connectivity index (χ1n) is 11.5. The van der Waals surface area contributed by atoms with Gasteiger partial charge < -0.3 is 5.73 Å². The zero-order valence-corrected chi connectivity index (χ0v) is 19.4. The molecule has 6 rings (SSSR count). The van der Waals surface area contributed by atoms with Gasteiger partial charge in [-0.1, -0.05) is 18.2 Å². The van der Waals surface area contributed by atoms with Gasteiger partial charge in [0.25, 0.3) is 0 Å². The first kappa shape index (κ1) is 20.4. The van der Waals surface area contributed by atoms with Crippen LogP contribution in [0.2, 0.25) is 0 Å². The van der Waals surface area contributed by atoms with Gasteiger partial charge in [0.05, 0.1) is 27.5 Å². The van der Waals surface area contributed by atoms with Crippen molar-refractivity contribution in [2.45, 2.75) is 38.6 Å². The van der Waals surface area contributed by atoms with Crippen LogP contribution >= 0.6 is 11.3 Å². The Morgan fingerprint density at radius 1 is 1.09 bits per heavy atom. The molecule has 5 aromatic rings. The Labute approximate surface area is 196 Å². The van der Waals surface area contributed by atoms with Crippen molar-refractivity contribution in [3.8, 4) is 21.8 Å². The fraction of sp³-hybridized carbons (Fsp3) is 0.308. The third-order valence-electron chi connectivity index (χ3n) is 6.93. The summed E-state index contributed by atoms with van der Waals surface area (Å²) in [5, 5.41) is 9.34. The van der Waals surface area contributed by atoms with Gasteiger partial charge in [-0.05, 0) is 74.2 Å². The minimum absolute atomic E-state index is 0.352. The largest absolute Gasteiger partial charge is 0.330 e. The summed E-state index contributed by atoms with van der Waals surface area (Å²) in [5.41, 5.74) is 12.0. The topological polar surface area (TPSA) is 82.5 Å². The van der Waals surface area contributed by atoms with Crippen molar-refractivity contribution in [3.63, 3.8) is 0 Å². The molecule has 1 fully saturated rings. The Bertz CT molecular complexity index is 1430. The molecule has 0 bridgehead atoms. The molecule has 1 aliphatic rings. The molecular weight excluding hydrogens is 428 g/mol. The Morgan fingerprint density at radius 3 is 2.76 bits per heavy atom. The van der Waals surface area contributed by atoms with Crippen LogP contribution in [0.5, 0.6) is 0 Å². The van der Waals surface area contributed by atoms with Gasteiger partial charge in [-0.2, -0.15) is 5.10 Å². The number of nitrogens with zero attached hydrogens (tertiary/aromatic N) is 5. The summed E-state index contributed by atoms with van der Waals surface area (Å²) in [6.07, 6.45) is 7.97. The van der Waals surface area contributed by atoms with Crippen molar-refractivity contribution in [1.29, 1.82) is 0 Å². The first-order chi connectivity index (χ1) is 16.2. The van der Waals surface area contributed by atoms with Crippen molar-refractivity contribution < 1.29 is 0 Å². The maximum atomic E-state index is 5.91. The van der Waals surface area contributed by atoms with Crippen LogP contribution in [-0.4, -0.2) is 31.3 Å². The molecule has 33 heavy (non-hydrogen) atoms. The molecule has 7 heteroatoms. The van der Waals surface area contributed by atoms with E-state index in [1.165, 1.54) is 15.8 Å². The van der Waals surface area contributed by atoms with Crippen LogP contribution in [0.4, 0.5) is 0 Å². The van der Waals surface area contributed by atoms with Crippen LogP contribution in [0.25, 0.3) is 43.8 Å². The van der Waals surface area contributed by atoms with E-state index in [0.717, 1.165) is 65.7 Å². The lowest BCUT2D eigenvalue weighted by Crippen LogP contribution is -2.24. The van der Waals surface area contributed by atoms with E-state index in [1.807, 2.05) is 6.20 Å². The van der Waals surface area contributed by atoms with Gasteiger partial charge in [-0.15, -0.1) is 11.3 Å². The second-order valence-electron chi connectivity index (χ2n) is 9.00. The summed E-state index contributed by atoms with van der Waals surface area (Å²) in [5.74, 6) is 0.629. The van der Waals surface area contributed by atoms with E-state index in [0.29, 0.717) is 12.0 Å². The van der Waals surface area contributed by atoms with E-state index in [-0.39, 0.29) is 0 Å². The molecule has 4 aromatic heterocycles. The Morgan fingerprint density at radius 2 is 1.97 bits per heavy atom. The van der Waals surface area contributed by atoms with E-state index in [2.05, 4.69) is 63.4 Å². The van der Waals surface area contributed by atoms with Crippen molar-refractivity contribution in [2.24, 2.45) is 11.7 Å². The van der Waals surface area contributed by atoms with Gasteiger partial charge in [0, 0.05) is 17.1 Å². The molecule has 0 radical (unpaired) electrons. The highest BCUT2D eigenvalue weighted by Crippen LogP contribution is 2.36. The number of rotatable bonds is 4. The van der Waals surface area contributed by atoms with Gasteiger partial charge in [0.15, 0.2) is 5.65 Å². The van der Waals surface area contributed by atoms with Crippen LogP contribution in [0.15, 0.2) is 54.3 Å². The van der Waals surface area contributed by atoms with Crippen molar-refractivity contribution in [3.05, 3.63) is 59.9 Å². The number of pyridine rings is 1. The lowest BCUT2D eigenvalue weighted by Gasteiger charge is -2.27. The fourth-order valence-electron chi connectivity index (χ4n) is 5.07. The van der Waals surface area contributed by atoms with Crippen LogP contribution in [0.1, 0.15) is 37.3 Å². The van der Waals surface area contributed by atoms with Crippen LogP contribution in [0, 0.1) is 12.8 Å². The average Bonchev–Trinajstić information content (AvgIpc) is 3.52. The Kier molecular flexibility index (Phi) is 5.15. The van der Waals surface area contributed by atoms with Gasteiger partial charge in [0.1, 0.15) is 12.0 Å². The van der Waals surface area contributed by atoms with Crippen LogP contribution in [0.3, 0.4) is 0 Å². The molecule has 6 nitrogen and oxygen atoms in total. The Hall–Kier alpha value is -3.16. The van der Waals surface area contributed by atoms with E-state index >= 15 is 0 Å². The van der Waals surface area contributed by atoms with E-state index in [1.54, 1.807) is 17.7 Å². The number of aryl methyl sites for hydroxylation is 1. The third kappa shape index (κ3) is 3.61. The highest BCUT2D eigenvalue weighted by atomic mass is 32.1. The number of hydrogen-bond acceptors (Lipinski definition) is 6. The maximum Gasteiger partial charge on any atom is 0.162 e. The standard InChI is InChI=1S/C26H26N6S/c1-16-11-23(24-3-2-10-33-24)30-22-12-18(6-9-20(16)22)25-21-14-28-15-29-26(21)32(31-25)19-7-4-17(13-27)5-8-19/h2-3,6,9-12,14-15,17,19H,4-5,7-8,13,27H2,1H3. The number of thiophene rings is 1. The van der Waals surface area contributed by atoms with Crippen molar-refractivity contribution >= 4 is 33.3 Å². The summed E-state index contributed by atoms with van der Waals surface area (Å²) >= 11 is 1.71. The first-order valence-corrected chi connectivity index (χ1v) is 12.4. The molecule has 0 aliphatic heterocycles. The molecule has 0 saturated heterocycles.